The van der Waals surface area contributed by atoms with Gasteiger partial charge in [0.05, 0.1) is 6.42 Å². The Morgan fingerprint density at radius 2 is 1.75 bits per heavy atom. The first kappa shape index (κ1) is 15.7. The predicted molar refractivity (Wildman–Crippen MR) is 96.9 cm³/mol. The normalized spacial score (nSPS) is 25.3. The summed E-state index contributed by atoms with van der Waals surface area (Å²) in [6.45, 7) is 2.49. The zero-order valence-electron chi connectivity index (χ0n) is 14.3. The molecule has 4 heteroatoms. The molecule has 0 bridgehead atoms. The topological polar surface area (TPSA) is 51.3 Å². The lowest BCUT2D eigenvalue weighted by Crippen LogP contribution is -2.41. The lowest BCUT2D eigenvalue weighted by atomic mass is 9.89. The van der Waals surface area contributed by atoms with Gasteiger partial charge in [0.1, 0.15) is 0 Å². The number of para-hydroxylation sites is 1. The highest BCUT2D eigenvalue weighted by Crippen LogP contribution is 2.37. The second-order valence-corrected chi connectivity index (χ2v) is 7.38. The van der Waals surface area contributed by atoms with E-state index in [-0.39, 0.29) is 5.91 Å². The van der Waals surface area contributed by atoms with E-state index in [2.05, 4.69) is 39.9 Å². The van der Waals surface area contributed by atoms with Crippen molar-refractivity contribution in [2.24, 2.45) is 5.73 Å². The van der Waals surface area contributed by atoms with Gasteiger partial charge in [-0.25, -0.2) is 0 Å². The summed E-state index contributed by atoms with van der Waals surface area (Å²) < 4.78 is 2.45. The van der Waals surface area contributed by atoms with Crippen molar-refractivity contribution in [3.63, 3.8) is 0 Å². The Hall–Kier alpha value is -1.81. The van der Waals surface area contributed by atoms with Crippen molar-refractivity contribution in [3.05, 3.63) is 36.0 Å². The zero-order chi connectivity index (χ0) is 16.5. The highest BCUT2D eigenvalue weighted by molar-refractivity contribution is 5.89. The number of hydrogen-bond donors (Lipinski definition) is 1. The number of fused-ring (bicyclic) bond motifs is 1. The summed E-state index contributed by atoms with van der Waals surface area (Å²) in [6, 6.07) is 9.62. The van der Waals surface area contributed by atoms with Crippen LogP contribution >= 0.6 is 0 Å². The van der Waals surface area contributed by atoms with Crippen LogP contribution in [0.15, 0.2) is 30.5 Å². The van der Waals surface area contributed by atoms with Gasteiger partial charge in [0.2, 0.25) is 5.91 Å². The summed E-state index contributed by atoms with van der Waals surface area (Å²) in [4.78, 5) is 14.2. The maximum Gasteiger partial charge on any atom is 0.221 e. The van der Waals surface area contributed by atoms with Crippen molar-refractivity contribution >= 4 is 16.8 Å². The van der Waals surface area contributed by atoms with Crippen molar-refractivity contribution in [2.45, 2.75) is 57.0 Å². The number of likely N-dealkylation sites (tertiary alicyclic amines) is 1. The number of nitrogens with zero attached hydrogens (tertiary/aromatic N) is 2. The van der Waals surface area contributed by atoms with Crippen LogP contribution in [0.2, 0.25) is 0 Å². The molecule has 128 valence electrons. The number of carbonyl (C=O) groups is 1. The summed E-state index contributed by atoms with van der Waals surface area (Å²) in [7, 11) is 0. The fourth-order valence-electron chi connectivity index (χ4n) is 4.80. The Morgan fingerprint density at radius 3 is 2.50 bits per heavy atom. The lowest BCUT2D eigenvalue weighted by Gasteiger charge is -2.39. The van der Waals surface area contributed by atoms with Gasteiger partial charge in [-0.3, -0.25) is 9.69 Å². The van der Waals surface area contributed by atoms with E-state index in [0.717, 1.165) is 5.56 Å². The van der Waals surface area contributed by atoms with Crippen LogP contribution in [0.4, 0.5) is 0 Å². The van der Waals surface area contributed by atoms with Gasteiger partial charge < -0.3 is 10.3 Å². The van der Waals surface area contributed by atoms with Gasteiger partial charge in [-0.2, -0.15) is 0 Å². The van der Waals surface area contributed by atoms with E-state index in [4.69, 9.17) is 5.73 Å². The third kappa shape index (κ3) is 2.84. The third-order valence-corrected chi connectivity index (χ3v) is 5.85. The lowest BCUT2D eigenvalue weighted by molar-refractivity contribution is -0.117. The molecule has 1 saturated heterocycles. The average molecular weight is 325 g/mol. The molecule has 1 aromatic heterocycles. The standard InChI is InChI=1S/C20H27N3O/c21-20(24)13-15-14-23(17-8-2-1-7-16(15)17)19-10-4-3-9-18(19)22-11-5-6-12-22/h1-2,7-8,14,18-19H,3-6,9-13H2,(H2,21,24). The Labute approximate surface area is 143 Å². The second-order valence-electron chi connectivity index (χ2n) is 7.38. The maximum absolute atomic E-state index is 11.5. The molecule has 24 heavy (non-hydrogen) atoms. The van der Waals surface area contributed by atoms with Gasteiger partial charge in [-0.1, -0.05) is 31.0 Å². The average Bonchev–Trinajstić information content (AvgIpc) is 3.23. The van der Waals surface area contributed by atoms with Gasteiger partial charge in [0, 0.05) is 29.2 Å². The second kappa shape index (κ2) is 6.60. The summed E-state index contributed by atoms with van der Waals surface area (Å²) >= 11 is 0. The molecule has 2 N–H and O–H groups in total. The molecule has 2 unspecified atom stereocenters. The maximum atomic E-state index is 11.5. The first-order chi connectivity index (χ1) is 11.7. The number of carbonyl (C=O) groups excluding carboxylic acids is 1. The van der Waals surface area contributed by atoms with E-state index in [1.165, 1.54) is 62.5 Å². The van der Waals surface area contributed by atoms with Crippen LogP contribution < -0.4 is 5.73 Å². The van der Waals surface area contributed by atoms with E-state index in [1.807, 2.05) is 0 Å². The fraction of sp³-hybridized carbons (Fsp3) is 0.550. The number of benzene rings is 1. The Morgan fingerprint density at radius 1 is 1.04 bits per heavy atom. The summed E-state index contributed by atoms with van der Waals surface area (Å²) in [5.41, 5.74) is 7.80. The summed E-state index contributed by atoms with van der Waals surface area (Å²) in [5, 5.41) is 1.18. The number of nitrogens with two attached hydrogens (primary N) is 1. The van der Waals surface area contributed by atoms with Crippen molar-refractivity contribution in [3.8, 4) is 0 Å². The molecule has 2 aromatic rings. The SMILES string of the molecule is NC(=O)Cc1cn(C2CCCCC2N2CCCC2)c2ccccc12. The van der Waals surface area contributed by atoms with Crippen LogP contribution in [0.25, 0.3) is 10.9 Å². The molecule has 1 aromatic carbocycles. The van der Waals surface area contributed by atoms with E-state index in [0.29, 0.717) is 18.5 Å². The molecule has 2 atom stereocenters. The molecule has 2 aliphatic rings. The minimum absolute atomic E-state index is 0.252. The quantitative estimate of drug-likeness (QED) is 0.938. The summed E-state index contributed by atoms with van der Waals surface area (Å²) in [6.07, 6.45) is 10.4. The third-order valence-electron chi connectivity index (χ3n) is 5.85. The zero-order valence-corrected chi connectivity index (χ0v) is 14.3. The molecule has 1 aliphatic carbocycles. The first-order valence-corrected chi connectivity index (χ1v) is 9.35. The molecule has 2 heterocycles. The molecular formula is C20H27N3O. The summed E-state index contributed by atoms with van der Waals surface area (Å²) in [5.74, 6) is -0.252. The van der Waals surface area contributed by atoms with Crippen molar-refractivity contribution in [2.75, 3.05) is 13.1 Å². The monoisotopic (exact) mass is 325 g/mol. The van der Waals surface area contributed by atoms with Gasteiger partial charge >= 0.3 is 0 Å². The number of amides is 1. The van der Waals surface area contributed by atoms with Gasteiger partial charge in [-0.05, 0) is 50.4 Å². The van der Waals surface area contributed by atoms with Crippen LogP contribution in [0, 0.1) is 0 Å². The molecule has 0 radical (unpaired) electrons. The number of rotatable bonds is 4. The molecule has 4 rings (SSSR count). The van der Waals surface area contributed by atoms with Gasteiger partial charge in [-0.15, -0.1) is 0 Å². The number of hydrogen-bond acceptors (Lipinski definition) is 2. The molecule has 1 amide bonds. The molecule has 1 saturated carbocycles. The van der Waals surface area contributed by atoms with E-state index < -0.39 is 0 Å². The van der Waals surface area contributed by atoms with Crippen LogP contribution in [-0.4, -0.2) is 34.5 Å². The molecule has 2 fully saturated rings. The van der Waals surface area contributed by atoms with Crippen LogP contribution in [-0.2, 0) is 11.2 Å². The highest BCUT2D eigenvalue weighted by atomic mass is 16.1. The smallest absolute Gasteiger partial charge is 0.221 e. The largest absolute Gasteiger partial charge is 0.369 e. The molecule has 4 nitrogen and oxygen atoms in total. The van der Waals surface area contributed by atoms with E-state index >= 15 is 0 Å². The fourth-order valence-corrected chi connectivity index (χ4v) is 4.80. The van der Waals surface area contributed by atoms with Crippen molar-refractivity contribution in [1.82, 2.24) is 9.47 Å². The Kier molecular flexibility index (Phi) is 4.31. The predicted octanol–water partition coefficient (Wildman–Crippen LogP) is 3.25. The van der Waals surface area contributed by atoms with Crippen molar-refractivity contribution < 1.29 is 4.79 Å². The van der Waals surface area contributed by atoms with Gasteiger partial charge in [0.15, 0.2) is 0 Å². The minimum Gasteiger partial charge on any atom is -0.369 e. The number of aromatic nitrogens is 1. The first-order valence-electron chi connectivity index (χ1n) is 9.35. The van der Waals surface area contributed by atoms with Gasteiger partial charge in [0.25, 0.3) is 0 Å². The van der Waals surface area contributed by atoms with E-state index in [1.54, 1.807) is 0 Å². The van der Waals surface area contributed by atoms with Crippen LogP contribution in [0.3, 0.4) is 0 Å². The minimum atomic E-state index is -0.252. The van der Waals surface area contributed by atoms with E-state index in [9.17, 15) is 4.79 Å². The van der Waals surface area contributed by atoms with Crippen LogP contribution in [0.1, 0.15) is 50.1 Å². The van der Waals surface area contributed by atoms with Crippen molar-refractivity contribution in [1.29, 1.82) is 0 Å². The molecular weight excluding hydrogens is 298 g/mol. The Bertz CT molecular complexity index is 730. The molecule has 1 aliphatic heterocycles. The molecule has 0 spiro atoms. The number of primary amides is 1. The highest BCUT2D eigenvalue weighted by Gasteiger charge is 2.33. The Balaban J connectivity index is 1.74. The van der Waals surface area contributed by atoms with Crippen LogP contribution in [0.5, 0.6) is 0 Å².